The van der Waals surface area contributed by atoms with Gasteiger partial charge in [-0.25, -0.2) is 24.6 Å². The molecule has 0 amide bonds. The molecule has 6 heterocycles. The Morgan fingerprint density at radius 1 is 0.904 bits per heavy atom. The Bertz CT molecular complexity index is 2500. The average Bonchev–Trinajstić information content (AvgIpc) is 3.88. The van der Waals surface area contributed by atoms with E-state index in [0.717, 1.165) is 33.1 Å². The highest BCUT2D eigenvalue weighted by atomic mass is 16.3. The summed E-state index contributed by atoms with van der Waals surface area (Å²) in [5.74, 6) is 1.46. The first-order valence-corrected chi connectivity index (χ1v) is 16.6. The van der Waals surface area contributed by atoms with Crippen molar-refractivity contribution in [1.82, 2.24) is 44.7 Å². The maximum Gasteiger partial charge on any atom is 0.164 e. The number of phenols is 2. The van der Waals surface area contributed by atoms with E-state index in [1.54, 1.807) is 48.8 Å². The number of H-pyrrole nitrogens is 2. The number of aromatic amines is 2. The van der Waals surface area contributed by atoms with Gasteiger partial charge in [-0.1, -0.05) is 26.0 Å². The molecule has 0 radical (unpaired) electrons. The summed E-state index contributed by atoms with van der Waals surface area (Å²) in [5.41, 5.74) is 18.0. The highest BCUT2D eigenvalue weighted by molar-refractivity contribution is 6.16. The number of rotatable bonds is 7. The molecule has 0 aliphatic rings. The van der Waals surface area contributed by atoms with Gasteiger partial charge < -0.3 is 37.0 Å². The Kier molecular flexibility index (Phi) is 9.94. The topological polar surface area (TPSA) is 242 Å². The number of aromatic nitrogens is 9. The summed E-state index contributed by atoms with van der Waals surface area (Å²) >= 11 is 0. The maximum atomic E-state index is 10.00. The fraction of sp³-hybridized carbons (Fsp3) is 0.162. The largest absolute Gasteiger partial charge is 0.508 e. The van der Waals surface area contributed by atoms with Crippen molar-refractivity contribution in [3.63, 3.8) is 0 Å². The summed E-state index contributed by atoms with van der Waals surface area (Å²) in [6.45, 7) is 8.56. The number of nitrogens with one attached hydrogen (secondary N) is 4. The average molecular weight is 698 g/mol. The number of nitrogen functional groups attached to an aromatic ring is 2. The second kappa shape index (κ2) is 14.8. The molecule has 8 rings (SSSR count). The van der Waals surface area contributed by atoms with Crippen LogP contribution in [0.5, 0.6) is 11.5 Å². The molecular formula is C37H39N13O2. The molecule has 6 aromatic heterocycles. The molecule has 15 heteroatoms. The number of hydrogen-bond acceptors (Lipinski definition) is 12. The third kappa shape index (κ3) is 6.87. The van der Waals surface area contributed by atoms with Crippen LogP contribution in [0.3, 0.4) is 0 Å². The van der Waals surface area contributed by atoms with Gasteiger partial charge in [-0.15, -0.1) is 0 Å². The minimum atomic E-state index is 0.137. The number of benzene rings is 2. The van der Waals surface area contributed by atoms with E-state index >= 15 is 0 Å². The first-order valence-electron chi connectivity index (χ1n) is 16.6. The Morgan fingerprint density at radius 2 is 1.69 bits per heavy atom. The Labute approximate surface area is 298 Å². The molecule has 15 nitrogen and oxygen atoms in total. The third-order valence-electron chi connectivity index (χ3n) is 8.09. The van der Waals surface area contributed by atoms with Crippen molar-refractivity contribution >= 4 is 56.0 Å². The van der Waals surface area contributed by atoms with Crippen LogP contribution in [-0.4, -0.2) is 60.6 Å². The Balaban J connectivity index is 0.000000172. The van der Waals surface area contributed by atoms with Gasteiger partial charge in [-0.05, 0) is 67.9 Å². The highest BCUT2D eigenvalue weighted by Crippen LogP contribution is 2.35. The predicted molar refractivity (Wildman–Crippen MR) is 204 cm³/mol. The highest BCUT2D eigenvalue weighted by Gasteiger charge is 2.21. The van der Waals surface area contributed by atoms with Gasteiger partial charge in [0.15, 0.2) is 5.65 Å². The molecule has 0 atom stereocenters. The standard InChI is InChI=1S/C19H17N7O.C16H16N6O.C2H6/c20-17(15-7-12-6-13(27)3-4-14(12)26-15)16-18(21)24-10-25-19(16)23-9-11-2-1-5-22-8-11;1-8(2)22-16-13(15(17)18-7-19-16)14(21-22)11-6-9-10(20-11)4-3-5-12(9)23;1-2/h1-8,10,20,26-27H,9H2,(H3,21,23,24,25);3-8,20,23H,1-2H3,(H2,17,18,19);1-2H3. The summed E-state index contributed by atoms with van der Waals surface area (Å²) in [6, 6.07) is 17.9. The number of aromatic hydroxyl groups is 2. The van der Waals surface area contributed by atoms with Crippen molar-refractivity contribution in [3.8, 4) is 22.9 Å². The third-order valence-corrected chi connectivity index (χ3v) is 8.09. The molecule has 0 unspecified atom stereocenters. The summed E-state index contributed by atoms with van der Waals surface area (Å²) in [6.07, 6.45) is 6.27. The first kappa shape index (κ1) is 34.8. The van der Waals surface area contributed by atoms with Gasteiger partial charge in [-0.2, -0.15) is 5.10 Å². The van der Waals surface area contributed by atoms with Crippen LogP contribution in [0.1, 0.15) is 50.6 Å². The van der Waals surface area contributed by atoms with Gasteiger partial charge >= 0.3 is 0 Å². The number of fused-ring (bicyclic) bond motifs is 3. The number of hydrogen-bond donors (Lipinski definition) is 8. The zero-order chi connectivity index (χ0) is 36.9. The van der Waals surface area contributed by atoms with Gasteiger partial charge in [0.1, 0.15) is 47.3 Å². The van der Waals surface area contributed by atoms with Crippen molar-refractivity contribution in [1.29, 1.82) is 5.41 Å². The minimum absolute atomic E-state index is 0.137. The fourth-order valence-electron chi connectivity index (χ4n) is 5.67. The molecule has 8 aromatic rings. The van der Waals surface area contributed by atoms with E-state index in [1.807, 2.05) is 56.6 Å². The van der Waals surface area contributed by atoms with Gasteiger partial charge in [0.05, 0.1) is 28.0 Å². The van der Waals surface area contributed by atoms with E-state index in [1.165, 1.54) is 12.7 Å². The summed E-state index contributed by atoms with van der Waals surface area (Å²) in [4.78, 5) is 27.2. The summed E-state index contributed by atoms with van der Waals surface area (Å²) < 4.78 is 1.83. The molecule has 10 N–H and O–H groups in total. The lowest BCUT2D eigenvalue weighted by molar-refractivity contribution is 0.476. The number of nitrogens with zero attached hydrogens (tertiary/aromatic N) is 7. The van der Waals surface area contributed by atoms with Crippen molar-refractivity contribution < 1.29 is 10.2 Å². The van der Waals surface area contributed by atoms with Crippen molar-refractivity contribution in [2.45, 2.75) is 40.3 Å². The van der Waals surface area contributed by atoms with Gasteiger partial charge in [0.25, 0.3) is 0 Å². The van der Waals surface area contributed by atoms with Crippen LogP contribution < -0.4 is 16.8 Å². The number of pyridine rings is 1. The molecule has 0 bridgehead atoms. The van der Waals surface area contributed by atoms with Crippen molar-refractivity contribution in [2.24, 2.45) is 0 Å². The van der Waals surface area contributed by atoms with E-state index in [2.05, 4.69) is 45.3 Å². The maximum absolute atomic E-state index is 10.00. The van der Waals surface area contributed by atoms with Crippen LogP contribution in [0.25, 0.3) is 44.2 Å². The molecule has 2 aromatic carbocycles. The van der Waals surface area contributed by atoms with Crippen molar-refractivity contribution in [3.05, 3.63) is 103 Å². The van der Waals surface area contributed by atoms with Crippen LogP contribution >= 0.6 is 0 Å². The Morgan fingerprint density at radius 3 is 2.44 bits per heavy atom. The van der Waals surface area contributed by atoms with E-state index in [4.69, 9.17) is 16.9 Å². The van der Waals surface area contributed by atoms with Crippen LogP contribution in [0, 0.1) is 5.41 Å². The lowest BCUT2D eigenvalue weighted by Crippen LogP contribution is -2.14. The molecule has 264 valence electrons. The molecule has 0 spiro atoms. The van der Waals surface area contributed by atoms with Crippen LogP contribution in [0.2, 0.25) is 0 Å². The van der Waals surface area contributed by atoms with Crippen LogP contribution in [0.4, 0.5) is 17.5 Å². The quantitative estimate of drug-likeness (QED) is 0.0831. The zero-order valence-electron chi connectivity index (χ0n) is 29.0. The fourth-order valence-corrected chi connectivity index (χ4v) is 5.67. The minimum Gasteiger partial charge on any atom is -0.508 e. The van der Waals surface area contributed by atoms with Crippen LogP contribution in [-0.2, 0) is 6.54 Å². The smallest absolute Gasteiger partial charge is 0.164 e. The zero-order valence-corrected chi connectivity index (χ0v) is 29.0. The number of nitrogens with two attached hydrogens (primary N) is 2. The predicted octanol–water partition coefficient (Wildman–Crippen LogP) is 6.54. The molecule has 0 saturated carbocycles. The van der Waals surface area contributed by atoms with E-state index in [9.17, 15) is 10.2 Å². The second-order valence-electron chi connectivity index (χ2n) is 11.8. The lowest BCUT2D eigenvalue weighted by Gasteiger charge is -2.12. The summed E-state index contributed by atoms with van der Waals surface area (Å²) in [7, 11) is 0. The molecular weight excluding hydrogens is 658 g/mol. The molecule has 0 aliphatic heterocycles. The lowest BCUT2D eigenvalue weighted by atomic mass is 10.1. The first-order chi connectivity index (χ1) is 25.2. The summed E-state index contributed by atoms with van der Waals surface area (Å²) in [5, 5.41) is 38.4. The molecule has 0 saturated heterocycles. The monoisotopic (exact) mass is 697 g/mol. The number of phenolic OH excluding ortho intramolecular Hbond substituents is 2. The number of anilines is 3. The van der Waals surface area contributed by atoms with Gasteiger partial charge in [0, 0.05) is 46.8 Å². The Hall–Kier alpha value is -7.03. The molecule has 0 fully saturated rings. The molecule has 0 aliphatic carbocycles. The molecule has 52 heavy (non-hydrogen) atoms. The second-order valence-corrected chi connectivity index (χ2v) is 11.8. The van der Waals surface area contributed by atoms with E-state index < -0.39 is 0 Å². The van der Waals surface area contributed by atoms with Crippen molar-refractivity contribution in [2.75, 3.05) is 16.8 Å². The van der Waals surface area contributed by atoms with Gasteiger partial charge in [-0.3, -0.25) is 10.4 Å². The SMILES string of the molecule is CC.CC(C)n1nc(-c2cc3c(O)cccc3[nH]2)c2c(N)ncnc21.N=C(c1cc2cc(O)ccc2[nH]1)c1c(N)ncnc1NCc1cccnc1. The van der Waals surface area contributed by atoms with Gasteiger partial charge in [0.2, 0.25) is 0 Å². The van der Waals surface area contributed by atoms with E-state index in [0.29, 0.717) is 46.2 Å². The van der Waals surface area contributed by atoms with E-state index in [-0.39, 0.29) is 29.1 Å². The normalized spacial score (nSPS) is 10.9. The van der Waals surface area contributed by atoms with Crippen LogP contribution in [0.15, 0.2) is 85.7 Å².